The number of likely N-dealkylation sites (tertiary alicyclic amines) is 1. The quantitative estimate of drug-likeness (QED) is 0.574. The molecule has 0 aromatic heterocycles. The van der Waals surface area contributed by atoms with Crippen molar-refractivity contribution in [3.8, 4) is 0 Å². The van der Waals surface area contributed by atoms with Crippen molar-refractivity contribution in [3.63, 3.8) is 0 Å². The van der Waals surface area contributed by atoms with E-state index in [0.29, 0.717) is 17.2 Å². The molecule has 2 aliphatic rings. The largest absolute Gasteiger partial charge is 0.357 e. The third kappa shape index (κ3) is 5.59. The van der Waals surface area contributed by atoms with Crippen LogP contribution in [0.5, 0.6) is 0 Å². The Balaban J connectivity index is 1.83. The van der Waals surface area contributed by atoms with Crippen LogP contribution in [-0.4, -0.2) is 60.5 Å². The number of aliphatic imine (C=N–C) groups is 1. The van der Waals surface area contributed by atoms with Crippen LogP contribution in [0.4, 0.5) is 0 Å². The van der Waals surface area contributed by atoms with Gasteiger partial charge in [-0.2, -0.15) is 11.8 Å². The maximum absolute atomic E-state index is 12.5. The Hall–Kier alpha value is -0.910. The van der Waals surface area contributed by atoms with Crippen molar-refractivity contribution < 1.29 is 4.79 Å². The molecule has 0 aromatic rings. The summed E-state index contributed by atoms with van der Waals surface area (Å²) in [6, 6.07) is 0.322. The normalized spacial score (nSPS) is 24.0. The van der Waals surface area contributed by atoms with E-state index in [9.17, 15) is 4.79 Å². The minimum absolute atomic E-state index is 0.290. The van der Waals surface area contributed by atoms with Crippen LogP contribution in [0.2, 0.25) is 0 Å². The average molecular weight is 341 g/mol. The first-order chi connectivity index (χ1) is 11.1. The summed E-state index contributed by atoms with van der Waals surface area (Å²) in [4.78, 5) is 19.2. The molecule has 0 radical (unpaired) electrons. The Morgan fingerprint density at radius 1 is 1.35 bits per heavy atom. The van der Waals surface area contributed by atoms with Crippen LogP contribution < -0.4 is 10.6 Å². The van der Waals surface area contributed by atoms with E-state index >= 15 is 0 Å². The summed E-state index contributed by atoms with van der Waals surface area (Å²) >= 11 is 1.83. The summed E-state index contributed by atoms with van der Waals surface area (Å²) in [6.45, 7) is 7.64. The molecule has 2 rings (SSSR count). The monoisotopic (exact) mass is 340 g/mol. The van der Waals surface area contributed by atoms with Gasteiger partial charge in [0, 0.05) is 36.8 Å². The Kier molecular flexibility index (Phi) is 7.53. The van der Waals surface area contributed by atoms with Gasteiger partial charge < -0.3 is 15.5 Å². The van der Waals surface area contributed by atoms with E-state index in [1.54, 1.807) is 0 Å². The molecule has 1 aliphatic carbocycles. The van der Waals surface area contributed by atoms with Crippen LogP contribution in [-0.2, 0) is 4.79 Å². The second-order valence-corrected chi connectivity index (χ2v) is 7.94. The number of nitrogens with one attached hydrogen (secondary N) is 2. The van der Waals surface area contributed by atoms with Gasteiger partial charge in [-0.3, -0.25) is 9.79 Å². The van der Waals surface area contributed by atoms with E-state index < -0.39 is 0 Å². The van der Waals surface area contributed by atoms with Crippen molar-refractivity contribution in [2.45, 2.75) is 57.2 Å². The first-order valence-electron chi connectivity index (χ1n) is 9.00. The molecule has 23 heavy (non-hydrogen) atoms. The maximum Gasteiger partial charge on any atom is 0.225 e. The molecular weight excluding hydrogens is 308 g/mol. The van der Waals surface area contributed by atoms with Crippen LogP contribution in [0.25, 0.3) is 0 Å². The van der Waals surface area contributed by atoms with Crippen molar-refractivity contribution >= 4 is 23.6 Å². The fourth-order valence-electron chi connectivity index (χ4n) is 3.32. The van der Waals surface area contributed by atoms with Crippen LogP contribution in [0, 0.1) is 5.92 Å². The second kappa shape index (κ2) is 9.40. The lowest BCUT2D eigenvalue weighted by Gasteiger charge is -2.21. The van der Waals surface area contributed by atoms with Gasteiger partial charge in [0.2, 0.25) is 5.91 Å². The number of rotatable bonds is 6. The lowest BCUT2D eigenvalue weighted by Crippen LogP contribution is -2.45. The summed E-state index contributed by atoms with van der Waals surface area (Å²) in [7, 11) is 0. The number of nitrogens with zero attached hydrogens (tertiary/aromatic N) is 2. The van der Waals surface area contributed by atoms with Gasteiger partial charge in [0.25, 0.3) is 0 Å². The Bertz CT molecular complexity index is 409. The molecule has 0 bridgehead atoms. The number of carbonyl (C=O) groups is 1. The highest BCUT2D eigenvalue weighted by Crippen LogP contribution is 2.27. The highest BCUT2D eigenvalue weighted by atomic mass is 32.2. The SMILES string of the molecule is CCNC(=NCC(C)SC)NC1CCN(C(=O)C2CCCC2)C1. The Morgan fingerprint density at radius 2 is 2.09 bits per heavy atom. The number of guanidine groups is 1. The molecule has 2 fully saturated rings. The number of thioether (sulfide) groups is 1. The zero-order valence-electron chi connectivity index (χ0n) is 14.8. The predicted octanol–water partition coefficient (Wildman–Crippen LogP) is 2.08. The van der Waals surface area contributed by atoms with Crippen LogP contribution in [0.1, 0.15) is 46.0 Å². The minimum Gasteiger partial charge on any atom is -0.357 e. The molecule has 1 saturated heterocycles. The molecule has 2 atom stereocenters. The molecule has 2 N–H and O–H groups in total. The minimum atomic E-state index is 0.290. The molecule has 0 spiro atoms. The van der Waals surface area contributed by atoms with E-state index in [0.717, 1.165) is 51.4 Å². The highest BCUT2D eigenvalue weighted by Gasteiger charge is 2.32. The van der Waals surface area contributed by atoms with Crippen molar-refractivity contribution in [2.75, 3.05) is 32.4 Å². The van der Waals surface area contributed by atoms with Crippen molar-refractivity contribution in [1.82, 2.24) is 15.5 Å². The number of hydrogen-bond donors (Lipinski definition) is 2. The van der Waals surface area contributed by atoms with Gasteiger partial charge in [-0.15, -0.1) is 0 Å². The third-order valence-electron chi connectivity index (χ3n) is 4.80. The molecule has 6 heteroatoms. The Labute approximate surface area is 145 Å². The van der Waals surface area contributed by atoms with Gasteiger partial charge in [-0.1, -0.05) is 19.8 Å². The highest BCUT2D eigenvalue weighted by molar-refractivity contribution is 7.99. The number of carbonyl (C=O) groups excluding carboxylic acids is 1. The number of hydrogen-bond acceptors (Lipinski definition) is 3. The van der Waals surface area contributed by atoms with Gasteiger partial charge in [-0.25, -0.2) is 0 Å². The molecule has 5 nitrogen and oxygen atoms in total. The van der Waals surface area contributed by atoms with Crippen molar-refractivity contribution in [1.29, 1.82) is 0 Å². The van der Waals surface area contributed by atoms with Crippen molar-refractivity contribution in [2.24, 2.45) is 10.9 Å². The van der Waals surface area contributed by atoms with Crippen LogP contribution in [0.3, 0.4) is 0 Å². The number of amides is 1. The lowest BCUT2D eigenvalue weighted by molar-refractivity contribution is -0.134. The standard InChI is InChI=1S/C17H32N4OS/c1-4-18-17(19-11-13(2)23-3)20-15-9-10-21(12-15)16(22)14-7-5-6-8-14/h13-15H,4-12H2,1-3H3,(H2,18,19,20). The first-order valence-corrected chi connectivity index (χ1v) is 10.3. The van der Waals surface area contributed by atoms with Gasteiger partial charge in [0.1, 0.15) is 0 Å². The van der Waals surface area contributed by atoms with E-state index in [4.69, 9.17) is 0 Å². The van der Waals surface area contributed by atoms with Crippen molar-refractivity contribution in [3.05, 3.63) is 0 Å². The molecule has 1 heterocycles. The fourth-order valence-corrected chi connectivity index (χ4v) is 3.54. The van der Waals surface area contributed by atoms with E-state index in [1.165, 1.54) is 12.8 Å². The third-order valence-corrected chi connectivity index (χ3v) is 5.75. The summed E-state index contributed by atoms with van der Waals surface area (Å²) < 4.78 is 0. The van der Waals surface area contributed by atoms with E-state index in [2.05, 4.69) is 40.6 Å². The van der Waals surface area contributed by atoms with Gasteiger partial charge >= 0.3 is 0 Å². The lowest BCUT2D eigenvalue weighted by atomic mass is 10.1. The summed E-state index contributed by atoms with van der Waals surface area (Å²) in [5.41, 5.74) is 0. The molecule has 2 unspecified atom stereocenters. The maximum atomic E-state index is 12.5. The average Bonchev–Trinajstić information content (AvgIpc) is 3.23. The molecule has 132 valence electrons. The summed E-state index contributed by atoms with van der Waals surface area (Å²) in [5, 5.41) is 7.34. The van der Waals surface area contributed by atoms with Gasteiger partial charge in [0.15, 0.2) is 5.96 Å². The van der Waals surface area contributed by atoms with Crippen LogP contribution in [0.15, 0.2) is 4.99 Å². The van der Waals surface area contributed by atoms with Gasteiger partial charge in [-0.05, 0) is 32.4 Å². The predicted molar refractivity (Wildman–Crippen MR) is 99.0 cm³/mol. The second-order valence-electron chi connectivity index (χ2n) is 6.66. The molecule has 1 amide bonds. The fraction of sp³-hybridized carbons (Fsp3) is 0.882. The molecule has 1 aliphatic heterocycles. The van der Waals surface area contributed by atoms with E-state index in [-0.39, 0.29) is 5.92 Å². The zero-order valence-corrected chi connectivity index (χ0v) is 15.6. The molecule has 1 saturated carbocycles. The summed E-state index contributed by atoms with van der Waals surface area (Å²) in [5.74, 6) is 1.55. The summed E-state index contributed by atoms with van der Waals surface area (Å²) in [6.07, 6.45) is 7.74. The van der Waals surface area contributed by atoms with Crippen LogP contribution >= 0.6 is 11.8 Å². The first kappa shape index (κ1) is 18.4. The molecular formula is C17H32N4OS. The molecule has 0 aromatic carbocycles. The topological polar surface area (TPSA) is 56.7 Å². The zero-order chi connectivity index (χ0) is 16.7. The van der Waals surface area contributed by atoms with Gasteiger partial charge in [0.05, 0.1) is 6.54 Å². The Morgan fingerprint density at radius 3 is 2.74 bits per heavy atom. The smallest absolute Gasteiger partial charge is 0.225 e. The van der Waals surface area contributed by atoms with E-state index in [1.807, 2.05) is 11.8 Å².